The number of nitrogens with zero attached hydrogens (tertiary/aromatic N) is 1. The molecule has 2 N–H and O–H groups in total. The van der Waals surface area contributed by atoms with Crippen LogP contribution < -0.4 is 15.5 Å². The Morgan fingerprint density at radius 1 is 1.12 bits per heavy atom. The van der Waals surface area contributed by atoms with E-state index in [1.807, 2.05) is 61.9 Å². The van der Waals surface area contributed by atoms with E-state index in [0.717, 1.165) is 16.9 Å². The van der Waals surface area contributed by atoms with Gasteiger partial charge in [-0.15, -0.1) is 23.5 Å². The minimum Gasteiger partial charge on any atom is -0.378 e. The maximum Gasteiger partial charge on any atom is 0.319 e. The summed E-state index contributed by atoms with van der Waals surface area (Å²) in [6.45, 7) is 0.502. The Labute approximate surface area is 164 Å². The molecule has 4 nitrogen and oxygen atoms in total. The highest BCUT2D eigenvalue weighted by Crippen LogP contribution is 2.44. The minimum absolute atomic E-state index is 0.179. The number of urea groups is 1. The lowest BCUT2D eigenvalue weighted by molar-refractivity contribution is 0.251. The highest BCUT2D eigenvalue weighted by Gasteiger charge is 2.17. The van der Waals surface area contributed by atoms with E-state index in [-0.39, 0.29) is 6.03 Å². The second-order valence-corrected chi connectivity index (χ2v) is 9.15. The summed E-state index contributed by atoms with van der Waals surface area (Å²) in [6.07, 6.45) is 1.28. The number of nitrogens with one attached hydrogen (secondary N) is 2. The Morgan fingerprint density at radius 3 is 2.65 bits per heavy atom. The van der Waals surface area contributed by atoms with Crippen LogP contribution in [0.1, 0.15) is 22.1 Å². The molecule has 1 fully saturated rings. The van der Waals surface area contributed by atoms with E-state index in [0.29, 0.717) is 11.1 Å². The van der Waals surface area contributed by atoms with Crippen molar-refractivity contribution < 1.29 is 4.79 Å². The first-order valence-electron chi connectivity index (χ1n) is 8.76. The number of hydrogen-bond acceptors (Lipinski definition) is 4. The second-order valence-electron chi connectivity index (χ2n) is 6.42. The van der Waals surface area contributed by atoms with Gasteiger partial charge in [0.15, 0.2) is 0 Å². The van der Waals surface area contributed by atoms with E-state index >= 15 is 0 Å². The molecule has 1 aliphatic rings. The van der Waals surface area contributed by atoms with Crippen LogP contribution in [0.4, 0.5) is 16.2 Å². The molecule has 138 valence electrons. The monoisotopic (exact) mass is 387 g/mol. The molecule has 1 saturated heterocycles. The molecule has 0 radical (unpaired) electrons. The van der Waals surface area contributed by atoms with Crippen molar-refractivity contribution in [3.63, 3.8) is 0 Å². The molecule has 0 aromatic heterocycles. The molecule has 0 bridgehead atoms. The lowest BCUT2D eigenvalue weighted by atomic mass is 10.2. The molecule has 1 heterocycles. The summed E-state index contributed by atoms with van der Waals surface area (Å²) in [7, 11) is 4.02. The van der Waals surface area contributed by atoms with Gasteiger partial charge in [-0.3, -0.25) is 0 Å². The van der Waals surface area contributed by atoms with Crippen molar-refractivity contribution in [2.45, 2.75) is 17.5 Å². The van der Waals surface area contributed by atoms with E-state index in [1.165, 1.54) is 23.5 Å². The fourth-order valence-corrected chi connectivity index (χ4v) is 5.62. The van der Waals surface area contributed by atoms with E-state index in [4.69, 9.17) is 0 Å². The molecule has 2 aromatic rings. The van der Waals surface area contributed by atoms with Crippen LogP contribution in [0, 0.1) is 0 Å². The Balaban J connectivity index is 1.55. The first kappa shape index (κ1) is 19.0. The fraction of sp³-hybridized carbons (Fsp3) is 0.350. The maximum atomic E-state index is 12.2. The molecule has 26 heavy (non-hydrogen) atoms. The molecule has 0 saturated carbocycles. The average molecular weight is 388 g/mol. The normalized spacial score (nSPS) is 14.7. The fourth-order valence-electron chi connectivity index (χ4n) is 2.75. The van der Waals surface area contributed by atoms with Crippen molar-refractivity contribution in [3.8, 4) is 0 Å². The summed E-state index contributed by atoms with van der Waals surface area (Å²) in [6, 6.07) is 16.2. The Morgan fingerprint density at radius 2 is 1.88 bits per heavy atom. The summed E-state index contributed by atoms with van der Waals surface area (Å²) in [5.74, 6) is 2.42. The number of hydrogen-bond donors (Lipinski definition) is 2. The molecule has 2 amide bonds. The number of anilines is 2. The van der Waals surface area contributed by atoms with Crippen molar-refractivity contribution in [1.82, 2.24) is 5.32 Å². The highest BCUT2D eigenvalue weighted by atomic mass is 32.2. The van der Waals surface area contributed by atoms with E-state index < -0.39 is 0 Å². The molecule has 6 heteroatoms. The van der Waals surface area contributed by atoms with Crippen molar-refractivity contribution in [3.05, 3.63) is 59.7 Å². The third-order valence-electron chi connectivity index (χ3n) is 4.12. The van der Waals surface area contributed by atoms with Crippen LogP contribution in [0.25, 0.3) is 0 Å². The Hall–Kier alpha value is -1.79. The number of thioether (sulfide) groups is 2. The van der Waals surface area contributed by atoms with Gasteiger partial charge in [-0.2, -0.15) is 0 Å². The van der Waals surface area contributed by atoms with Gasteiger partial charge in [-0.05, 0) is 53.3 Å². The summed E-state index contributed by atoms with van der Waals surface area (Å²) in [5.41, 5.74) is 4.32. The Bertz CT molecular complexity index is 745. The molecule has 0 aliphatic carbocycles. The van der Waals surface area contributed by atoms with Crippen LogP contribution in [-0.2, 0) is 6.54 Å². The topological polar surface area (TPSA) is 44.4 Å². The number of carbonyl (C=O) groups excluding carboxylic acids is 1. The predicted molar refractivity (Wildman–Crippen MR) is 115 cm³/mol. The van der Waals surface area contributed by atoms with E-state index in [2.05, 4.69) is 39.8 Å². The molecule has 0 atom stereocenters. The predicted octanol–water partition coefficient (Wildman–Crippen LogP) is 4.94. The number of benzene rings is 2. The van der Waals surface area contributed by atoms with Crippen LogP contribution >= 0.6 is 23.5 Å². The van der Waals surface area contributed by atoms with Crippen molar-refractivity contribution in [1.29, 1.82) is 0 Å². The van der Waals surface area contributed by atoms with Gasteiger partial charge in [0.2, 0.25) is 0 Å². The van der Waals surface area contributed by atoms with Gasteiger partial charge in [0, 0.05) is 32.0 Å². The molecular formula is C20H25N3OS2. The first-order chi connectivity index (χ1) is 12.6. The number of carbonyl (C=O) groups is 1. The Kier molecular flexibility index (Phi) is 6.74. The number of rotatable bonds is 5. The van der Waals surface area contributed by atoms with Crippen LogP contribution in [0.3, 0.4) is 0 Å². The van der Waals surface area contributed by atoms with Gasteiger partial charge in [0.1, 0.15) is 0 Å². The lowest BCUT2D eigenvalue weighted by Crippen LogP contribution is -2.28. The zero-order valence-electron chi connectivity index (χ0n) is 15.2. The molecular weight excluding hydrogens is 362 g/mol. The van der Waals surface area contributed by atoms with Crippen molar-refractivity contribution in [2.75, 3.05) is 35.8 Å². The van der Waals surface area contributed by atoms with Gasteiger partial charge in [0.05, 0.1) is 4.58 Å². The van der Waals surface area contributed by atoms with E-state index in [1.54, 1.807) is 0 Å². The largest absolute Gasteiger partial charge is 0.378 e. The highest BCUT2D eigenvalue weighted by molar-refractivity contribution is 8.16. The van der Waals surface area contributed by atoms with Gasteiger partial charge in [-0.1, -0.05) is 24.3 Å². The molecule has 3 rings (SSSR count). The zero-order valence-corrected chi connectivity index (χ0v) is 16.8. The summed E-state index contributed by atoms with van der Waals surface area (Å²) < 4.78 is 0.474. The summed E-state index contributed by atoms with van der Waals surface area (Å²) in [4.78, 5) is 14.3. The second kappa shape index (κ2) is 9.24. The summed E-state index contributed by atoms with van der Waals surface area (Å²) >= 11 is 3.97. The standard InChI is InChI=1S/C20H25N3OS2/c1-23(2)18-9-3-6-15(12-18)14-21-20(24)22-17-8-4-7-16(13-17)19-25-10-5-11-26-19/h3-4,6-9,12-13,19H,5,10-11,14H2,1-2H3,(H2,21,22,24). The van der Waals surface area contributed by atoms with Crippen LogP contribution in [0.5, 0.6) is 0 Å². The molecule has 1 aliphatic heterocycles. The van der Waals surface area contributed by atoms with E-state index in [9.17, 15) is 4.79 Å². The zero-order chi connectivity index (χ0) is 18.4. The van der Waals surface area contributed by atoms with Crippen molar-refractivity contribution >= 4 is 40.9 Å². The smallest absolute Gasteiger partial charge is 0.319 e. The number of amides is 2. The minimum atomic E-state index is -0.179. The van der Waals surface area contributed by atoms with Gasteiger partial charge in [0.25, 0.3) is 0 Å². The summed E-state index contributed by atoms with van der Waals surface area (Å²) in [5, 5.41) is 5.88. The van der Waals surface area contributed by atoms with Gasteiger partial charge in [-0.25, -0.2) is 4.79 Å². The van der Waals surface area contributed by atoms with Crippen LogP contribution in [0.15, 0.2) is 48.5 Å². The average Bonchev–Trinajstić information content (AvgIpc) is 2.67. The third-order valence-corrected chi connectivity index (χ3v) is 7.14. The lowest BCUT2D eigenvalue weighted by Gasteiger charge is -2.21. The van der Waals surface area contributed by atoms with Gasteiger partial charge >= 0.3 is 6.03 Å². The van der Waals surface area contributed by atoms with Crippen LogP contribution in [0.2, 0.25) is 0 Å². The van der Waals surface area contributed by atoms with Crippen LogP contribution in [-0.4, -0.2) is 31.6 Å². The third kappa shape index (κ3) is 5.35. The quantitative estimate of drug-likeness (QED) is 0.762. The first-order valence-corrected chi connectivity index (χ1v) is 10.9. The maximum absolute atomic E-state index is 12.2. The van der Waals surface area contributed by atoms with Crippen molar-refractivity contribution in [2.24, 2.45) is 0 Å². The SMILES string of the molecule is CN(C)c1cccc(CNC(=O)Nc2cccc(C3SCCCS3)c2)c1. The molecule has 0 spiro atoms. The van der Waals surface area contributed by atoms with Gasteiger partial charge < -0.3 is 15.5 Å². The molecule has 0 unspecified atom stereocenters. The molecule has 2 aromatic carbocycles.